The highest BCUT2D eigenvalue weighted by atomic mass is 16.6. The molecular weight excluding hydrogens is 362 g/mol. The minimum atomic E-state index is -0.533. The van der Waals surface area contributed by atoms with Gasteiger partial charge in [0, 0.05) is 36.6 Å². The normalized spacial score (nSPS) is 19.1. The van der Waals surface area contributed by atoms with Gasteiger partial charge in [-0.3, -0.25) is 0 Å². The summed E-state index contributed by atoms with van der Waals surface area (Å²) < 4.78 is 5.69. The van der Waals surface area contributed by atoms with Crippen molar-refractivity contribution < 1.29 is 9.53 Å². The van der Waals surface area contributed by atoms with E-state index in [2.05, 4.69) is 35.3 Å². The number of aromatic nitrogens is 1. The van der Waals surface area contributed by atoms with Crippen LogP contribution in [-0.2, 0) is 11.2 Å². The Bertz CT molecular complexity index is 901. The Hall–Kier alpha value is -2.74. The smallest absolute Gasteiger partial charge is 0.410 e. The van der Waals surface area contributed by atoms with Gasteiger partial charge in [0.1, 0.15) is 5.60 Å². The Morgan fingerprint density at radius 3 is 2.69 bits per heavy atom. The van der Waals surface area contributed by atoms with Crippen LogP contribution in [0.15, 0.2) is 42.6 Å². The number of nitrogens with zero attached hydrogens (tertiary/aromatic N) is 2. The highest BCUT2D eigenvalue weighted by Crippen LogP contribution is 2.29. The van der Waals surface area contributed by atoms with Crippen LogP contribution >= 0.6 is 0 Å². The number of aromatic amines is 1. The van der Waals surface area contributed by atoms with Gasteiger partial charge in [0.2, 0.25) is 0 Å². The number of amides is 1. The first-order valence-corrected chi connectivity index (χ1v) is 10.4. The summed E-state index contributed by atoms with van der Waals surface area (Å²) in [5.41, 5.74) is 1.78. The minimum Gasteiger partial charge on any atom is -0.444 e. The summed E-state index contributed by atoms with van der Waals surface area (Å²) in [5.74, 6) is 0.582. The maximum atomic E-state index is 12.9. The molecule has 1 aromatic carbocycles. The SMILES string of the molecule is CC(C)(C)OC(=O)N(CCc1c[nH]c2ccccc12)C[C@H]1CC=CC[C@@H]1CC#N. The molecule has 5 heteroatoms. The number of rotatable bonds is 6. The molecular formula is C24H31N3O2. The Balaban J connectivity index is 1.74. The lowest BCUT2D eigenvalue weighted by molar-refractivity contribution is 0.0202. The van der Waals surface area contributed by atoms with Crippen LogP contribution in [0.2, 0.25) is 0 Å². The second-order valence-corrected chi connectivity index (χ2v) is 8.86. The maximum Gasteiger partial charge on any atom is 0.410 e. The number of carbonyl (C=O) groups excluding carboxylic acids is 1. The molecule has 2 atom stereocenters. The average Bonchev–Trinajstić information content (AvgIpc) is 3.08. The van der Waals surface area contributed by atoms with E-state index in [9.17, 15) is 10.1 Å². The second-order valence-electron chi connectivity index (χ2n) is 8.86. The molecule has 29 heavy (non-hydrogen) atoms. The third kappa shape index (κ3) is 5.63. The minimum absolute atomic E-state index is 0.275. The number of H-pyrrole nitrogens is 1. The van der Waals surface area contributed by atoms with Crippen molar-refractivity contribution >= 4 is 17.0 Å². The zero-order valence-corrected chi connectivity index (χ0v) is 17.6. The van der Waals surface area contributed by atoms with Crippen molar-refractivity contribution in [3.05, 3.63) is 48.2 Å². The van der Waals surface area contributed by atoms with Crippen molar-refractivity contribution in [1.29, 1.82) is 5.26 Å². The number of para-hydroxylation sites is 1. The Kier molecular flexibility index (Phi) is 6.64. The molecule has 0 fully saturated rings. The Labute approximate surface area is 173 Å². The number of hydrogen-bond donors (Lipinski definition) is 1. The van der Waals surface area contributed by atoms with Crippen LogP contribution in [0.1, 0.15) is 45.6 Å². The highest BCUT2D eigenvalue weighted by molar-refractivity contribution is 5.83. The molecule has 0 radical (unpaired) electrons. The molecule has 0 spiro atoms. The van der Waals surface area contributed by atoms with E-state index in [0.717, 1.165) is 24.8 Å². The quantitative estimate of drug-likeness (QED) is 0.664. The summed E-state index contributed by atoms with van der Waals surface area (Å²) in [4.78, 5) is 18.1. The Morgan fingerprint density at radius 2 is 1.97 bits per heavy atom. The van der Waals surface area contributed by atoms with Crippen LogP contribution in [0.5, 0.6) is 0 Å². The number of fused-ring (bicyclic) bond motifs is 1. The summed E-state index contributed by atoms with van der Waals surface area (Å²) in [5, 5.41) is 10.4. The Morgan fingerprint density at radius 1 is 1.24 bits per heavy atom. The average molecular weight is 394 g/mol. The molecule has 1 amide bonds. The molecule has 0 saturated heterocycles. The number of ether oxygens (including phenoxy) is 1. The molecule has 1 aromatic heterocycles. The van der Waals surface area contributed by atoms with Gasteiger partial charge in [-0.25, -0.2) is 4.79 Å². The molecule has 154 valence electrons. The molecule has 5 nitrogen and oxygen atoms in total. The predicted molar refractivity (Wildman–Crippen MR) is 115 cm³/mol. The van der Waals surface area contributed by atoms with Crippen LogP contribution in [0, 0.1) is 23.2 Å². The maximum absolute atomic E-state index is 12.9. The van der Waals surface area contributed by atoms with E-state index in [4.69, 9.17) is 4.74 Å². The third-order valence-corrected chi connectivity index (χ3v) is 5.50. The van der Waals surface area contributed by atoms with Gasteiger partial charge in [0.25, 0.3) is 0 Å². The molecule has 0 unspecified atom stereocenters. The number of hydrogen-bond acceptors (Lipinski definition) is 3. The standard InChI is InChI=1S/C24H31N3O2/c1-24(2,3)29-23(28)27(17-20-9-5-4-8-18(20)12-14-25)15-13-19-16-26-22-11-7-6-10-21(19)22/h4-7,10-11,16,18,20,26H,8-9,12-13,15,17H2,1-3H3/t18-,20-/m1/s1. The van der Waals surface area contributed by atoms with E-state index in [1.165, 1.54) is 10.9 Å². The fourth-order valence-electron chi connectivity index (χ4n) is 3.98. The lowest BCUT2D eigenvalue weighted by atomic mass is 9.81. The summed E-state index contributed by atoms with van der Waals surface area (Å²) in [6, 6.07) is 10.5. The number of allylic oxidation sites excluding steroid dienone is 2. The monoisotopic (exact) mass is 393 g/mol. The highest BCUT2D eigenvalue weighted by Gasteiger charge is 2.29. The largest absolute Gasteiger partial charge is 0.444 e. The molecule has 1 aliphatic rings. The molecule has 1 heterocycles. The number of benzene rings is 1. The van der Waals surface area contributed by atoms with E-state index in [0.29, 0.717) is 25.4 Å². The van der Waals surface area contributed by atoms with Crippen LogP contribution in [-0.4, -0.2) is 34.7 Å². The summed E-state index contributed by atoms with van der Waals surface area (Å²) in [6.07, 6.45) is 9.17. The predicted octanol–water partition coefficient (Wildman–Crippen LogP) is 5.44. The first-order valence-electron chi connectivity index (χ1n) is 10.4. The van der Waals surface area contributed by atoms with Gasteiger partial charge < -0.3 is 14.6 Å². The van der Waals surface area contributed by atoms with Crippen LogP contribution < -0.4 is 0 Å². The van der Waals surface area contributed by atoms with Crippen LogP contribution in [0.25, 0.3) is 10.9 Å². The zero-order valence-electron chi connectivity index (χ0n) is 17.6. The lowest BCUT2D eigenvalue weighted by Gasteiger charge is -2.34. The number of nitrogens with one attached hydrogen (secondary N) is 1. The van der Waals surface area contributed by atoms with E-state index >= 15 is 0 Å². The van der Waals surface area contributed by atoms with Crippen molar-refractivity contribution in [1.82, 2.24) is 9.88 Å². The van der Waals surface area contributed by atoms with E-state index in [-0.39, 0.29) is 12.0 Å². The third-order valence-electron chi connectivity index (χ3n) is 5.50. The summed E-state index contributed by atoms with van der Waals surface area (Å²) in [7, 11) is 0. The summed E-state index contributed by atoms with van der Waals surface area (Å²) >= 11 is 0. The topological polar surface area (TPSA) is 69.1 Å². The van der Waals surface area contributed by atoms with Crippen molar-refractivity contribution in [2.24, 2.45) is 11.8 Å². The zero-order chi connectivity index (χ0) is 20.9. The molecule has 1 aliphatic carbocycles. The van der Waals surface area contributed by atoms with Crippen molar-refractivity contribution in [3.8, 4) is 6.07 Å². The van der Waals surface area contributed by atoms with Crippen molar-refractivity contribution in [3.63, 3.8) is 0 Å². The second kappa shape index (κ2) is 9.17. The van der Waals surface area contributed by atoms with Gasteiger partial charge in [0.15, 0.2) is 0 Å². The molecule has 3 rings (SSSR count). The van der Waals surface area contributed by atoms with Crippen molar-refractivity contribution in [2.75, 3.05) is 13.1 Å². The van der Waals surface area contributed by atoms with Gasteiger partial charge in [-0.15, -0.1) is 0 Å². The van der Waals surface area contributed by atoms with Gasteiger partial charge in [0.05, 0.1) is 6.07 Å². The van der Waals surface area contributed by atoms with Gasteiger partial charge in [-0.2, -0.15) is 5.26 Å². The van der Waals surface area contributed by atoms with E-state index < -0.39 is 5.60 Å². The fraction of sp³-hybridized carbons (Fsp3) is 0.500. The van der Waals surface area contributed by atoms with Gasteiger partial charge >= 0.3 is 6.09 Å². The van der Waals surface area contributed by atoms with E-state index in [1.807, 2.05) is 44.0 Å². The molecule has 0 aliphatic heterocycles. The van der Waals surface area contributed by atoms with Crippen LogP contribution in [0.3, 0.4) is 0 Å². The number of carbonyl (C=O) groups is 1. The van der Waals surface area contributed by atoms with Gasteiger partial charge in [-0.05, 0) is 63.5 Å². The lowest BCUT2D eigenvalue weighted by Crippen LogP contribution is -2.42. The molecule has 0 saturated carbocycles. The van der Waals surface area contributed by atoms with Crippen LogP contribution in [0.4, 0.5) is 4.79 Å². The fourth-order valence-corrected chi connectivity index (χ4v) is 3.98. The van der Waals surface area contributed by atoms with E-state index in [1.54, 1.807) is 0 Å². The first kappa shape index (κ1) is 21.0. The van der Waals surface area contributed by atoms with Crippen molar-refractivity contribution in [2.45, 2.75) is 52.1 Å². The molecule has 0 bridgehead atoms. The molecule has 1 N–H and O–H groups in total. The number of nitriles is 1. The molecule has 2 aromatic rings. The summed E-state index contributed by atoms with van der Waals surface area (Å²) in [6.45, 7) is 6.89. The van der Waals surface area contributed by atoms with Gasteiger partial charge in [-0.1, -0.05) is 30.4 Å². The first-order chi connectivity index (χ1) is 13.9.